The number of hydrogen-bond donors (Lipinski definition) is 2. The van der Waals surface area contributed by atoms with Crippen molar-refractivity contribution in [2.45, 2.75) is 57.1 Å². The van der Waals surface area contributed by atoms with Gasteiger partial charge in [0.2, 0.25) is 21.8 Å². The van der Waals surface area contributed by atoms with E-state index in [0.717, 1.165) is 5.56 Å². The van der Waals surface area contributed by atoms with Gasteiger partial charge in [0.1, 0.15) is 6.04 Å². The minimum absolute atomic E-state index is 0.164. The Kier molecular flexibility index (Phi) is 8.54. The van der Waals surface area contributed by atoms with Crippen LogP contribution >= 0.6 is 11.6 Å². The first-order valence-corrected chi connectivity index (χ1v) is 14.8. The van der Waals surface area contributed by atoms with E-state index in [0.29, 0.717) is 16.1 Å². The number of sulfonamides is 1. The molecule has 1 heterocycles. The molecule has 0 spiro atoms. The second-order valence-corrected chi connectivity index (χ2v) is 13.4. The summed E-state index contributed by atoms with van der Waals surface area (Å²) < 4.78 is 30.1. The number of hydrogen-bond acceptors (Lipinski definition) is 4. The van der Waals surface area contributed by atoms with E-state index in [1.54, 1.807) is 61.5 Å². The molecular formula is C31H34ClN3O4S. The van der Waals surface area contributed by atoms with Crippen molar-refractivity contribution < 1.29 is 18.0 Å². The monoisotopic (exact) mass is 579 g/mol. The maximum absolute atomic E-state index is 14.4. The molecule has 1 aliphatic heterocycles. The van der Waals surface area contributed by atoms with E-state index in [9.17, 15) is 18.0 Å². The Bertz CT molecular complexity index is 1530. The van der Waals surface area contributed by atoms with Gasteiger partial charge in [-0.05, 0) is 47.2 Å². The molecule has 3 N–H and O–H groups in total. The summed E-state index contributed by atoms with van der Waals surface area (Å²) in [6.45, 7) is 7.52. The van der Waals surface area contributed by atoms with Crippen LogP contribution in [-0.2, 0) is 26.0 Å². The minimum atomic E-state index is -4.09. The molecule has 2 amide bonds. The van der Waals surface area contributed by atoms with Gasteiger partial charge in [-0.15, -0.1) is 0 Å². The Morgan fingerprint density at radius 3 is 2.15 bits per heavy atom. The molecule has 210 valence electrons. The van der Waals surface area contributed by atoms with E-state index in [1.807, 2.05) is 51.1 Å². The number of primary amides is 1. The van der Waals surface area contributed by atoms with Crippen LogP contribution in [0.2, 0.25) is 5.02 Å². The summed E-state index contributed by atoms with van der Waals surface area (Å²) in [7, 11) is -4.09. The molecule has 0 fully saturated rings. The second-order valence-electron chi connectivity index (χ2n) is 11.1. The maximum atomic E-state index is 14.4. The molecule has 7 nitrogen and oxygen atoms in total. The Balaban J connectivity index is 1.82. The van der Waals surface area contributed by atoms with Crippen LogP contribution in [0.5, 0.6) is 0 Å². The first kappa shape index (κ1) is 29.5. The molecule has 40 heavy (non-hydrogen) atoms. The van der Waals surface area contributed by atoms with Crippen LogP contribution in [0.1, 0.15) is 43.5 Å². The first-order chi connectivity index (χ1) is 18.8. The van der Waals surface area contributed by atoms with Crippen molar-refractivity contribution in [3.8, 4) is 0 Å². The molecule has 3 atom stereocenters. The predicted octanol–water partition coefficient (Wildman–Crippen LogP) is 4.95. The lowest BCUT2D eigenvalue weighted by atomic mass is 9.87. The third-order valence-corrected chi connectivity index (χ3v) is 9.34. The van der Waals surface area contributed by atoms with Gasteiger partial charge >= 0.3 is 0 Å². The van der Waals surface area contributed by atoms with Crippen molar-refractivity contribution in [3.63, 3.8) is 0 Å². The van der Waals surface area contributed by atoms with Crippen LogP contribution in [0.25, 0.3) is 0 Å². The number of carbonyl (C=O) groups is 2. The van der Waals surface area contributed by atoms with Crippen molar-refractivity contribution >= 4 is 33.4 Å². The number of carbonyl (C=O) groups excluding carboxylic acids is 2. The number of halogens is 1. The molecule has 3 aromatic rings. The average molecular weight is 580 g/mol. The number of aryl methyl sites for hydroxylation is 1. The lowest BCUT2D eigenvalue weighted by molar-refractivity contribution is -0.125. The SMILES string of the molecule is Cc1ccccc1S(=O)(=O)N1[C@@H](c2ccc(Cl)cc2)C(C(=O)N[C@H](Cc2ccccc2)C(N)=O)=C[C@H]1C(C)(C)C. The average Bonchev–Trinajstić information content (AvgIpc) is 3.32. The fourth-order valence-electron chi connectivity index (χ4n) is 5.00. The van der Waals surface area contributed by atoms with E-state index >= 15 is 0 Å². The van der Waals surface area contributed by atoms with Crippen LogP contribution in [0.3, 0.4) is 0 Å². The predicted molar refractivity (Wildman–Crippen MR) is 157 cm³/mol. The summed E-state index contributed by atoms with van der Waals surface area (Å²) >= 11 is 6.17. The van der Waals surface area contributed by atoms with Crippen LogP contribution in [0.4, 0.5) is 0 Å². The van der Waals surface area contributed by atoms with Crippen molar-refractivity contribution in [2.75, 3.05) is 0 Å². The molecule has 0 aromatic heterocycles. The van der Waals surface area contributed by atoms with Crippen molar-refractivity contribution in [1.29, 1.82) is 0 Å². The summed E-state index contributed by atoms with van der Waals surface area (Å²) in [5.41, 5.74) is 7.34. The quantitative estimate of drug-likeness (QED) is 0.393. The van der Waals surface area contributed by atoms with Crippen molar-refractivity contribution in [3.05, 3.63) is 112 Å². The topological polar surface area (TPSA) is 110 Å². The fourth-order valence-corrected chi connectivity index (χ4v) is 7.26. The molecule has 0 unspecified atom stereocenters. The third-order valence-electron chi connectivity index (χ3n) is 7.08. The highest BCUT2D eigenvalue weighted by atomic mass is 35.5. The Morgan fingerprint density at radius 1 is 0.975 bits per heavy atom. The van der Waals surface area contributed by atoms with Gasteiger partial charge in [-0.1, -0.05) is 99.1 Å². The summed E-state index contributed by atoms with van der Waals surface area (Å²) in [4.78, 5) is 26.5. The molecule has 0 saturated carbocycles. The molecule has 0 saturated heterocycles. The largest absolute Gasteiger partial charge is 0.368 e. The number of nitrogens with one attached hydrogen (secondary N) is 1. The van der Waals surface area contributed by atoms with Crippen LogP contribution in [0, 0.1) is 12.3 Å². The third kappa shape index (κ3) is 6.14. The molecule has 0 aliphatic carbocycles. The Hall–Kier alpha value is -3.46. The number of benzene rings is 3. The maximum Gasteiger partial charge on any atom is 0.249 e. The van der Waals surface area contributed by atoms with Gasteiger partial charge in [-0.3, -0.25) is 9.59 Å². The van der Waals surface area contributed by atoms with Gasteiger partial charge in [0.15, 0.2) is 0 Å². The van der Waals surface area contributed by atoms with E-state index < -0.39 is 45.4 Å². The summed E-state index contributed by atoms with van der Waals surface area (Å²) in [5, 5.41) is 3.26. The van der Waals surface area contributed by atoms with E-state index in [-0.39, 0.29) is 16.9 Å². The molecule has 4 rings (SSSR count). The minimum Gasteiger partial charge on any atom is -0.368 e. The fraction of sp³-hybridized carbons (Fsp3) is 0.290. The second kappa shape index (κ2) is 11.6. The molecular weight excluding hydrogens is 546 g/mol. The highest BCUT2D eigenvalue weighted by Gasteiger charge is 2.50. The van der Waals surface area contributed by atoms with Crippen molar-refractivity contribution in [2.24, 2.45) is 11.1 Å². The summed E-state index contributed by atoms with van der Waals surface area (Å²) in [6, 6.07) is 20.2. The first-order valence-electron chi connectivity index (χ1n) is 13.0. The Labute approximate surface area is 241 Å². The van der Waals surface area contributed by atoms with Gasteiger partial charge < -0.3 is 11.1 Å². The van der Waals surface area contributed by atoms with E-state index in [1.165, 1.54) is 4.31 Å². The zero-order valence-electron chi connectivity index (χ0n) is 23.0. The number of nitrogens with two attached hydrogens (primary N) is 1. The Morgan fingerprint density at radius 2 is 1.57 bits per heavy atom. The molecule has 1 aliphatic rings. The normalized spacial score (nSPS) is 18.7. The van der Waals surface area contributed by atoms with Gasteiger partial charge in [-0.2, -0.15) is 4.31 Å². The van der Waals surface area contributed by atoms with E-state index in [4.69, 9.17) is 17.3 Å². The molecule has 0 radical (unpaired) electrons. The molecule has 9 heteroatoms. The van der Waals surface area contributed by atoms with Gasteiger partial charge in [0, 0.05) is 23.1 Å². The highest BCUT2D eigenvalue weighted by Crippen LogP contribution is 2.46. The van der Waals surface area contributed by atoms with Crippen molar-refractivity contribution in [1.82, 2.24) is 9.62 Å². The highest BCUT2D eigenvalue weighted by molar-refractivity contribution is 7.89. The van der Waals surface area contributed by atoms with Gasteiger partial charge in [0.05, 0.1) is 10.9 Å². The smallest absolute Gasteiger partial charge is 0.249 e. The lowest BCUT2D eigenvalue weighted by Crippen LogP contribution is -2.48. The standard InChI is InChI=1S/C31H34ClN3O4S/c1-20-10-8-9-13-26(20)40(38,39)35-27(31(2,3)4)19-24(28(35)22-14-16-23(32)17-15-22)30(37)34-25(29(33)36)18-21-11-6-5-7-12-21/h5-17,19,25,27-28H,18H2,1-4H3,(H2,33,36)(H,34,37)/t25-,27+,28+/m1/s1. The number of nitrogens with zero attached hydrogens (tertiary/aromatic N) is 1. The van der Waals surface area contributed by atoms with Crippen LogP contribution in [-0.4, -0.2) is 36.6 Å². The molecule has 0 bridgehead atoms. The summed E-state index contributed by atoms with van der Waals surface area (Å²) in [5.74, 6) is -1.24. The zero-order chi connectivity index (χ0) is 29.2. The van der Waals surface area contributed by atoms with Gasteiger partial charge in [-0.25, -0.2) is 8.42 Å². The molecule has 3 aromatic carbocycles. The van der Waals surface area contributed by atoms with Crippen LogP contribution < -0.4 is 11.1 Å². The van der Waals surface area contributed by atoms with Crippen LogP contribution in [0.15, 0.2) is 95.4 Å². The van der Waals surface area contributed by atoms with Gasteiger partial charge in [0.25, 0.3) is 0 Å². The lowest BCUT2D eigenvalue weighted by Gasteiger charge is -2.37. The van der Waals surface area contributed by atoms with E-state index in [2.05, 4.69) is 5.32 Å². The number of amides is 2. The zero-order valence-corrected chi connectivity index (χ0v) is 24.5. The number of rotatable bonds is 8. The summed E-state index contributed by atoms with van der Waals surface area (Å²) in [6.07, 6.45) is 1.90.